The standard InChI is InChI=1S/C26H24ClFN4O4S3/c1-2-35-24-13-21-19(12-22(24)32-39(33,34)25-8-9-37-38-25)26(30-15-29-21)31-18-6-7-23(20(27)11-18)36-14-16-4-3-5-17(28)10-16/h3-7,10-13,15,25,32H,2,8-9,14H2,1H3,(H,29,30,31). The van der Waals surface area contributed by atoms with Crippen molar-refractivity contribution in [3.63, 3.8) is 0 Å². The summed E-state index contributed by atoms with van der Waals surface area (Å²) in [6, 6.07) is 14.7. The van der Waals surface area contributed by atoms with E-state index < -0.39 is 14.6 Å². The van der Waals surface area contributed by atoms with E-state index in [1.807, 2.05) is 6.92 Å². The molecule has 204 valence electrons. The van der Waals surface area contributed by atoms with Crippen molar-refractivity contribution in [3.05, 3.63) is 77.3 Å². The van der Waals surface area contributed by atoms with Crippen LogP contribution in [-0.2, 0) is 16.6 Å². The summed E-state index contributed by atoms with van der Waals surface area (Å²) in [6.45, 7) is 2.35. The van der Waals surface area contributed by atoms with Gasteiger partial charge in [-0.25, -0.2) is 22.8 Å². The van der Waals surface area contributed by atoms with Gasteiger partial charge in [0, 0.05) is 22.9 Å². The third-order valence-electron chi connectivity index (χ3n) is 5.73. The first-order valence-corrected chi connectivity index (χ1v) is 16.3. The molecular formula is C26H24ClFN4O4S3. The van der Waals surface area contributed by atoms with Crippen LogP contribution in [0.5, 0.6) is 11.5 Å². The van der Waals surface area contributed by atoms with Crippen LogP contribution in [-0.4, -0.2) is 35.3 Å². The van der Waals surface area contributed by atoms with Crippen molar-refractivity contribution < 1.29 is 22.3 Å². The van der Waals surface area contributed by atoms with Gasteiger partial charge >= 0.3 is 0 Å². The first kappa shape index (κ1) is 27.6. The maximum Gasteiger partial charge on any atom is 0.246 e. The molecule has 2 N–H and O–H groups in total. The second kappa shape index (κ2) is 12.1. The topological polar surface area (TPSA) is 102 Å². The van der Waals surface area contributed by atoms with E-state index in [0.717, 1.165) is 5.75 Å². The normalized spacial score (nSPS) is 15.3. The Labute approximate surface area is 238 Å². The van der Waals surface area contributed by atoms with E-state index in [4.69, 9.17) is 21.1 Å². The predicted octanol–water partition coefficient (Wildman–Crippen LogP) is 7.00. The Bertz CT molecular complexity index is 1600. The molecule has 0 radical (unpaired) electrons. The van der Waals surface area contributed by atoms with Crippen LogP contribution < -0.4 is 19.5 Å². The Morgan fingerprint density at radius 1 is 1.10 bits per heavy atom. The van der Waals surface area contributed by atoms with Gasteiger partial charge in [0.2, 0.25) is 10.0 Å². The highest BCUT2D eigenvalue weighted by atomic mass is 35.5. The number of nitrogens with zero attached hydrogens (tertiary/aromatic N) is 2. The fourth-order valence-corrected chi connectivity index (χ4v) is 9.56. The molecule has 0 saturated carbocycles. The quantitative estimate of drug-likeness (QED) is 0.185. The number of anilines is 3. The van der Waals surface area contributed by atoms with Crippen LogP contribution in [0.15, 0.2) is 60.9 Å². The molecule has 1 aliphatic rings. The predicted molar refractivity (Wildman–Crippen MR) is 157 cm³/mol. The minimum absolute atomic E-state index is 0.166. The van der Waals surface area contributed by atoms with Gasteiger partial charge in [-0.15, -0.1) is 0 Å². The van der Waals surface area contributed by atoms with Crippen molar-refractivity contribution in [1.82, 2.24) is 9.97 Å². The average molecular weight is 607 g/mol. The van der Waals surface area contributed by atoms with Gasteiger partial charge in [0.25, 0.3) is 0 Å². The number of halogens is 2. The van der Waals surface area contributed by atoms with E-state index >= 15 is 0 Å². The van der Waals surface area contributed by atoms with Crippen LogP contribution in [0, 0.1) is 5.82 Å². The van der Waals surface area contributed by atoms with E-state index in [9.17, 15) is 12.8 Å². The lowest BCUT2D eigenvalue weighted by Crippen LogP contribution is -2.23. The number of nitrogens with one attached hydrogen (secondary N) is 2. The van der Waals surface area contributed by atoms with E-state index in [1.165, 1.54) is 29.3 Å². The summed E-state index contributed by atoms with van der Waals surface area (Å²) < 4.78 is 53.1. The zero-order valence-corrected chi connectivity index (χ0v) is 23.9. The van der Waals surface area contributed by atoms with Gasteiger partial charge in [-0.1, -0.05) is 45.3 Å². The summed E-state index contributed by atoms with van der Waals surface area (Å²) >= 11 is 6.46. The van der Waals surface area contributed by atoms with Crippen LogP contribution in [0.4, 0.5) is 21.6 Å². The first-order valence-electron chi connectivity index (χ1n) is 12.0. The number of rotatable bonds is 10. The Kier molecular flexibility index (Phi) is 8.55. The van der Waals surface area contributed by atoms with Crippen molar-refractivity contribution in [2.75, 3.05) is 22.4 Å². The van der Waals surface area contributed by atoms with Gasteiger partial charge in [0.15, 0.2) is 0 Å². The van der Waals surface area contributed by atoms with E-state index in [0.29, 0.717) is 63.2 Å². The second-order valence-corrected chi connectivity index (χ2v) is 13.8. The molecule has 13 heteroatoms. The highest BCUT2D eigenvalue weighted by Crippen LogP contribution is 2.42. The molecule has 1 saturated heterocycles. The molecule has 2 heterocycles. The Balaban J connectivity index is 1.40. The fraction of sp³-hybridized carbons (Fsp3) is 0.231. The van der Waals surface area contributed by atoms with Gasteiger partial charge in [0.1, 0.15) is 40.7 Å². The van der Waals surface area contributed by atoms with Gasteiger partial charge < -0.3 is 14.8 Å². The van der Waals surface area contributed by atoms with Crippen molar-refractivity contribution in [2.24, 2.45) is 0 Å². The van der Waals surface area contributed by atoms with Gasteiger partial charge in [-0.3, -0.25) is 4.72 Å². The van der Waals surface area contributed by atoms with Crippen LogP contribution in [0.2, 0.25) is 5.02 Å². The van der Waals surface area contributed by atoms with Crippen molar-refractivity contribution in [2.45, 2.75) is 24.5 Å². The zero-order chi connectivity index (χ0) is 27.4. The Morgan fingerprint density at radius 2 is 1.97 bits per heavy atom. The Morgan fingerprint density at radius 3 is 2.72 bits per heavy atom. The van der Waals surface area contributed by atoms with Gasteiger partial charge in [-0.05, 0) is 55.3 Å². The lowest BCUT2D eigenvalue weighted by atomic mass is 10.2. The molecule has 1 atom stereocenters. The molecule has 5 rings (SSSR count). The summed E-state index contributed by atoms with van der Waals surface area (Å²) in [4.78, 5) is 8.72. The molecule has 1 fully saturated rings. The number of benzene rings is 3. The molecule has 1 unspecified atom stereocenters. The average Bonchev–Trinajstić information content (AvgIpc) is 3.46. The van der Waals surface area contributed by atoms with Crippen LogP contribution in [0.25, 0.3) is 10.9 Å². The van der Waals surface area contributed by atoms with Crippen LogP contribution in [0.3, 0.4) is 0 Å². The lowest BCUT2D eigenvalue weighted by Gasteiger charge is -2.17. The molecule has 8 nitrogen and oxygen atoms in total. The van der Waals surface area contributed by atoms with Gasteiger partial charge in [0.05, 0.1) is 22.8 Å². The summed E-state index contributed by atoms with van der Waals surface area (Å²) in [5.41, 5.74) is 2.21. The maximum absolute atomic E-state index is 13.4. The molecule has 3 aromatic carbocycles. The molecular weight excluding hydrogens is 583 g/mol. The highest BCUT2D eigenvalue weighted by Gasteiger charge is 2.31. The minimum atomic E-state index is -3.63. The summed E-state index contributed by atoms with van der Waals surface area (Å²) in [5.74, 6) is 1.74. The van der Waals surface area contributed by atoms with Gasteiger partial charge in [-0.2, -0.15) is 0 Å². The summed E-state index contributed by atoms with van der Waals surface area (Å²) in [6.07, 6.45) is 1.98. The monoisotopic (exact) mass is 606 g/mol. The maximum atomic E-state index is 13.4. The summed E-state index contributed by atoms with van der Waals surface area (Å²) in [7, 11) is -0.737. The number of sulfonamides is 1. The molecule has 4 aromatic rings. The molecule has 39 heavy (non-hydrogen) atoms. The van der Waals surface area contributed by atoms with E-state index in [-0.39, 0.29) is 12.4 Å². The number of fused-ring (bicyclic) bond motifs is 1. The molecule has 1 aromatic heterocycles. The lowest BCUT2D eigenvalue weighted by molar-refractivity contribution is 0.306. The zero-order valence-electron chi connectivity index (χ0n) is 20.7. The third kappa shape index (κ3) is 6.63. The number of ether oxygens (including phenoxy) is 2. The molecule has 0 amide bonds. The highest BCUT2D eigenvalue weighted by molar-refractivity contribution is 8.78. The fourth-order valence-electron chi connectivity index (χ4n) is 3.90. The minimum Gasteiger partial charge on any atom is -0.492 e. The Hall–Kier alpha value is -2.93. The smallest absolute Gasteiger partial charge is 0.246 e. The molecule has 0 spiro atoms. The van der Waals surface area contributed by atoms with Crippen LogP contribution in [0.1, 0.15) is 18.9 Å². The van der Waals surface area contributed by atoms with Crippen molar-refractivity contribution in [1.29, 1.82) is 0 Å². The summed E-state index contributed by atoms with van der Waals surface area (Å²) in [5, 5.41) is 4.17. The number of hydrogen-bond acceptors (Lipinski definition) is 9. The SMILES string of the molecule is CCOc1cc2ncnc(Nc3ccc(OCc4cccc(F)c4)c(Cl)c3)c2cc1NS(=O)(=O)C1CCSS1. The van der Waals surface area contributed by atoms with Crippen molar-refractivity contribution >= 4 is 71.3 Å². The second-order valence-electron chi connectivity index (χ2n) is 8.49. The largest absolute Gasteiger partial charge is 0.492 e. The number of hydrogen-bond donors (Lipinski definition) is 2. The first-order chi connectivity index (χ1) is 18.8. The number of aromatic nitrogens is 2. The van der Waals surface area contributed by atoms with E-state index in [1.54, 1.807) is 53.3 Å². The van der Waals surface area contributed by atoms with Crippen LogP contribution >= 0.6 is 33.2 Å². The molecule has 0 bridgehead atoms. The third-order valence-corrected chi connectivity index (χ3v) is 11.5. The molecule has 1 aliphatic heterocycles. The van der Waals surface area contributed by atoms with E-state index in [2.05, 4.69) is 20.0 Å². The van der Waals surface area contributed by atoms with Crippen molar-refractivity contribution in [3.8, 4) is 11.5 Å². The molecule has 0 aliphatic carbocycles.